The Kier molecular flexibility index (Phi) is 5.61. The van der Waals surface area contributed by atoms with Gasteiger partial charge in [0.1, 0.15) is 4.90 Å². The third kappa shape index (κ3) is 4.63. The Morgan fingerprint density at radius 3 is 2.62 bits per heavy atom. The van der Waals surface area contributed by atoms with Gasteiger partial charge < -0.3 is 10.2 Å². The van der Waals surface area contributed by atoms with E-state index in [2.05, 4.69) is 0 Å². The number of aliphatic hydroxyl groups excluding tert-OH is 1. The van der Waals surface area contributed by atoms with Crippen LogP contribution in [-0.4, -0.2) is 42.2 Å². The van der Waals surface area contributed by atoms with Crippen LogP contribution in [0.4, 0.5) is 5.69 Å². The van der Waals surface area contributed by atoms with Gasteiger partial charge in [0, 0.05) is 18.7 Å². The molecule has 0 bridgehead atoms. The maximum Gasteiger partial charge on any atom is 0.332 e. The molecule has 0 unspecified atom stereocenters. The molecular weight excluding hydrogens is 328 g/mol. The van der Waals surface area contributed by atoms with Crippen LogP contribution in [0.3, 0.4) is 0 Å². The van der Waals surface area contributed by atoms with Crippen LogP contribution in [0, 0.1) is 10.1 Å². The van der Waals surface area contributed by atoms with Gasteiger partial charge in [0.05, 0.1) is 9.95 Å². The molecule has 1 aromatic rings. The van der Waals surface area contributed by atoms with E-state index in [0.29, 0.717) is 0 Å². The van der Waals surface area contributed by atoms with Crippen molar-refractivity contribution in [3.05, 3.63) is 33.3 Å². The predicted octanol–water partition coefficient (Wildman–Crippen LogP) is 0.362. The molecule has 9 nitrogen and oxygen atoms in total. The molecule has 0 saturated heterocycles. The summed E-state index contributed by atoms with van der Waals surface area (Å²) in [5.74, 6) is -1.48. The lowest BCUT2D eigenvalue weighted by Crippen LogP contribution is -2.30. The van der Waals surface area contributed by atoms with Gasteiger partial charge in [-0.2, -0.15) is 0 Å². The zero-order valence-electron chi connectivity index (χ0n) is 10.4. The minimum Gasteiger partial charge on any atom is -0.479 e. The number of nitro groups is 1. The first-order chi connectivity index (χ1) is 9.65. The normalized spacial score (nSPS) is 12.9. The summed E-state index contributed by atoms with van der Waals surface area (Å²) in [4.78, 5) is 19.7. The fourth-order valence-electron chi connectivity index (χ4n) is 1.34. The number of nitro benzene ring substituents is 1. The van der Waals surface area contributed by atoms with Gasteiger partial charge >= 0.3 is 5.97 Å². The highest BCUT2D eigenvalue weighted by Gasteiger charge is 2.22. The summed E-state index contributed by atoms with van der Waals surface area (Å²) < 4.78 is 25.9. The maximum absolute atomic E-state index is 11.9. The van der Waals surface area contributed by atoms with Crippen molar-refractivity contribution >= 4 is 33.3 Å². The minimum absolute atomic E-state index is 0.216. The summed E-state index contributed by atoms with van der Waals surface area (Å²) in [6.45, 7) is -0.366. The molecule has 1 aromatic carbocycles. The highest BCUT2D eigenvalue weighted by atomic mass is 35.5. The van der Waals surface area contributed by atoms with Crippen LogP contribution in [-0.2, 0) is 14.8 Å². The summed E-state index contributed by atoms with van der Waals surface area (Å²) in [7, 11) is -4.16. The average molecular weight is 339 g/mol. The van der Waals surface area contributed by atoms with Gasteiger partial charge in [0.25, 0.3) is 5.69 Å². The number of aliphatic hydroxyl groups is 1. The fraction of sp³-hybridized carbons (Fsp3) is 0.300. The molecule has 0 aliphatic heterocycles. The number of hydrogen-bond acceptors (Lipinski definition) is 6. The monoisotopic (exact) mass is 338 g/mol. The highest BCUT2D eigenvalue weighted by molar-refractivity contribution is 7.89. The van der Waals surface area contributed by atoms with Crippen LogP contribution in [0.5, 0.6) is 0 Å². The molecule has 1 rings (SSSR count). The molecule has 0 amide bonds. The van der Waals surface area contributed by atoms with Crippen molar-refractivity contribution in [2.24, 2.45) is 0 Å². The molecule has 0 fully saturated rings. The largest absolute Gasteiger partial charge is 0.479 e. The van der Waals surface area contributed by atoms with Crippen LogP contribution in [0.25, 0.3) is 0 Å². The number of non-ortho nitro benzene ring substituents is 1. The van der Waals surface area contributed by atoms with Crippen molar-refractivity contribution in [3.8, 4) is 0 Å². The molecule has 3 N–H and O–H groups in total. The second kappa shape index (κ2) is 6.80. The molecule has 0 radical (unpaired) electrons. The molecule has 116 valence electrons. The number of rotatable bonds is 7. The van der Waals surface area contributed by atoms with E-state index < -0.39 is 37.6 Å². The molecule has 0 aliphatic carbocycles. The number of hydrogen-bond donors (Lipinski definition) is 3. The Hall–Kier alpha value is -1.75. The van der Waals surface area contributed by atoms with E-state index in [1.54, 1.807) is 0 Å². The molecule has 0 spiro atoms. The summed E-state index contributed by atoms with van der Waals surface area (Å²) in [5, 5.41) is 27.9. The third-order valence-electron chi connectivity index (χ3n) is 2.41. The first-order valence-electron chi connectivity index (χ1n) is 5.49. The number of sulfonamides is 1. The standard InChI is InChI=1S/C10H11ClN2O7S/c11-7-2-1-6(13(17)18)5-9(7)21(19,20)12-4-3-8(14)10(15)16/h1-2,5,8,12,14H,3-4H2,(H,15,16)/t8-/m0/s1. The van der Waals surface area contributed by atoms with Crippen LogP contribution >= 0.6 is 11.6 Å². The van der Waals surface area contributed by atoms with Crippen molar-refractivity contribution in [3.63, 3.8) is 0 Å². The quantitative estimate of drug-likeness (QED) is 0.480. The molecule has 11 heteroatoms. The van der Waals surface area contributed by atoms with Gasteiger partial charge in [-0.3, -0.25) is 10.1 Å². The number of carboxylic acid groups (broad SMARTS) is 1. The van der Waals surface area contributed by atoms with E-state index in [9.17, 15) is 23.3 Å². The average Bonchev–Trinajstić information content (AvgIpc) is 2.38. The van der Waals surface area contributed by atoms with Crippen LogP contribution in [0.15, 0.2) is 23.1 Å². The van der Waals surface area contributed by atoms with Crippen LogP contribution < -0.4 is 4.72 Å². The number of benzene rings is 1. The summed E-state index contributed by atoms with van der Waals surface area (Å²) in [6, 6.07) is 2.91. The van der Waals surface area contributed by atoms with E-state index in [1.807, 2.05) is 4.72 Å². The number of halogens is 1. The van der Waals surface area contributed by atoms with Crippen molar-refractivity contribution in [2.45, 2.75) is 17.4 Å². The number of carbonyl (C=O) groups is 1. The Morgan fingerprint density at radius 2 is 2.10 bits per heavy atom. The number of carboxylic acids is 1. The Labute approximate surface area is 124 Å². The zero-order valence-corrected chi connectivity index (χ0v) is 12.0. The molecular formula is C10H11ClN2O7S. The Balaban J connectivity index is 2.90. The molecule has 0 saturated carbocycles. The summed E-state index contributed by atoms with van der Waals surface area (Å²) in [5.41, 5.74) is -0.453. The third-order valence-corrected chi connectivity index (χ3v) is 4.35. The Bertz CT molecular complexity index is 661. The van der Waals surface area contributed by atoms with Gasteiger partial charge in [-0.1, -0.05) is 11.6 Å². The van der Waals surface area contributed by atoms with Crippen molar-refractivity contribution in [1.29, 1.82) is 0 Å². The van der Waals surface area contributed by atoms with Gasteiger partial charge in [-0.15, -0.1) is 0 Å². The van der Waals surface area contributed by atoms with E-state index in [1.165, 1.54) is 0 Å². The topological polar surface area (TPSA) is 147 Å². The van der Waals surface area contributed by atoms with Gasteiger partial charge in [0.2, 0.25) is 10.0 Å². The smallest absolute Gasteiger partial charge is 0.332 e. The van der Waals surface area contributed by atoms with Gasteiger partial charge in [-0.05, 0) is 12.5 Å². The molecule has 0 heterocycles. The first-order valence-corrected chi connectivity index (χ1v) is 7.35. The summed E-state index contributed by atoms with van der Waals surface area (Å²) >= 11 is 5.69. The fourth-order valence-corrected chi connectivity index (χ4v) is 2.91. The van der Waals surface area contributed by atoms with Crippen molar-refractivity contribution in [1.82, 2.24) is 4.72 Å². The molecule has 0 aromatic heterocycles. The van der Waals surface area contributed by atoms with Gasteiger partial charge in [-0.25, -0.2) is 17.9 Å². The lowest BCUT2D eigenvalue weighted by Gasteiger charge is -2.09. The number of nitrogens with zero attached hydrogens (tertiary/aromatic N) is 1. The lowest BCUT2D eigenvalue weighted by molar-refractivity contribution is -0.385. The van der Waals surface area contributed by atoms with Crippen LogP contribution in [0.1, 0.15) is 6.42 Å². The lowest BCUT2D eigenvalue weighted by atomic mass is 10.3. The van der Waals surface area contributed by atoms with E-state index in [-0.39, 0.29) is 18.0 Å². The zero-order chi connectivity index (χ0) is 16.2. The summed E-state index contributed by atoms with van der Waals surface area (Å²) in [6.07, 6.45) is -2.07. The predicted molar refractivity (Wildman–Crippen MR) is 71.6 cm³/mol. The van der Waals surface area contributed by atoms with E-state index >= 15 is 0 Å². The molecule has 0 aliphatic rings. The minimum atomic E-state index is -4.16. The first kappa shape index (κ1) is 17.3. The maximum atomic E-state index is 11.9. The molecule has 21 heavy (non-hydrogen) atoms. The number of nitrogens with one attached hydrogen (secondary N) is 1. The molecule has 1 atom stereocenters. The van der Waals surface area contributed by atoms with Crippen molar-refractivity contribution in [2.75, 3.05) is 6.54 Å². The second-order valence-electron chi connectivity index (χ2n) is 3.91. The van der Waals surface area contributed by atoms with E-state index in [4.69, 9.17) is 21.8 Å². The van der Waals surface area contributed by atoms with Crippen LogP contribution in [0.2, 0.25) is 5.02 Å². The number of aliphatic carboxylic acids is 1. The van der Waals surface area contributed by atoms with Gasteiger partial charge in [0.15, 0.2) is 6.10 Å². The van der Waals surface area contributed by atoms with Crippen molar-refractivity contribution < 1.29 is 28.3 Å². The highest BCUT2D eigenvalue weighted by Crippen LogP contribution is 2.25. The Morgan fingerprint density at radius 1 is 1.48 bits per heavy atom. The van der Waals surface area contributed by atoms with E-state index in [0.717, 1.165) is 18.2 Å². The SMILES string of the molecule is O=C(O)[C@@H](O)CCNS(=O)(=O)c1cc([N+](=O)[O-])ccc1Cl. The second-order valence-corrected chi connectivity index (χ2v) is 6.05.